The zero-order valence-electron chi connectivity index (χ0n) is 22.0. The lowest BCUT2D eigenvalue weighted by atomic mass is 9.98. The van der Waals surface area contributed by atoms with Crippen LogP contribution in [0.15, 0.2) is 71.8 Å². The van der Waals surface area contributed by atoms with E-state index >= 15 is 0 Å². The molecule has 0 aliphatic rings. The Balaban J connectivity index is 1.69. The minimum absolute atomic E-state index is 0.0768. The minimum Gasteiger partial charge on any atom is -0.493 e. The van der Waals surface area contributed by atoms with Crippen molar-refractivity contribution in [3.63, 3.8) is 0 Å². The number of halogens is 2. The number of hydrogen-bond donors (Lipinski definition) is 1. The summed E-state index contributed by atoms with van der Waals surface area (Å²) in [6.45, 7) is 0. The number of nitrogens with zero attached hydrogens (tertiary/aromatic N) is 2. The van der Waals surface area contributed by atoms with Gasteiger partial charge in [0.25, 0.3) is 0 Å². The van der Waals surface area contributed by atoms with Crippen molar-refractivity contribution in [3.05, 3.63) is 83.1 Å². The Kier molecular flexibility index (Phi) is 9.48. The molecule has 0 bridgehead atoms. The van der Waals surface area contributed by atoms with E-state index in [1.807, 2.05) is 36.4 Å². The SMILES string of the molecule is COc1cc(-c2cc(-c3ccccc3)nc(SCCC(=O)Nc3ccc(F)c(Cl)c3)c2C#N)cc(OC)c1OC. The molecule has 0 aliphatic carbocycles. The summed E-state index contributed by atoms with van der Waals surface area (Å²) in [6, 6.07) is 21.3. The number of carbonyl (C=O) groups is 1. The van der Waals surface area contributed by atoms with Gasteiger partial charge >= 0.3 is 0 Å². The molecular weight excluding hydrogens is 553 g/mol. The highest BCUT2D eigenvalue weighted by Gasteiger charge is 2.20. The molecule has 0 saturated carbocycles. The average Bonchev–Trinajstić information content (AvgIpc) is 2.98. The third-order valence-electron chi connectivity index (χ3n) is 5.91. The Hall–Kier alpha value is -4.26. The highest BCUT2D eigenvalue weighted by molar-refractivity contribution is 7.99. The number of nitrogens with one attached hydrogen (secondary N) is 1. The molecule has 0 fully saturated rings. The van der Waals surface area contributed by atoms with E-state index in [-0.39, 0.29) is 17.4 Å². The van der Waals surface area contributed by atoms with Crippen molar-refractivity contribution in [2.24, 2.45) is 0 Å². The van der Waals surface area contributed by atoms with Gasteiger partial charge in [0.1, 0.15) is 16.9 Å². The van der Waals surface area contributed by atoms with Gasteiger partial charge < -0.3 is 19.5 Å². The fraction of sp³-hybridized carbons (Fsp3) is 0.167. The molecule has 0 aliphatic heterocycles. The zero-order valence-corrected chi connectivity index (χ0v) is 23.5. The fourth-order valence-electron chi connectivity index (χ4n) is 3.99. The predicted molar refractivity (Wildman–Crippen MR) is 155 cm³/mol. The molecule has 4 aromatic rings. The van der Waals surface area contributed by atoms with Gasteiger partial charge in [-0.05, 0) is 42.0 Å². The lowest BCUT2D eigenvalue weighted by Crippen LogP contribution is -2.12. The van der Waals surface area contributed by atoms with E-state index in [4.69, 9.17) is 30.8 Å². The van der Waals surface area contributed by atoms with E-state index in [1.165, 1.54) is 51.3 Å². The molecule has 1 aromatic heterocycles. The number of benzene rings is 3. The van der Waals surface area contributed by atoms with Crippen molar-refractivity contribution in [1.82, 2.24) is 4.98 Å². The number of anilines is 1. The number of hydrogen-bond acceptors (Lipinski definition) is 7. The van der Waals surface area contributed by atoms with Crippen LogP contribution < -0.4 is 19.5 Å². The van der Waals surface area contributed by atoms with Crippen molar-refractivity contribution in [1.29, 1.82) is 5.26 Å². The molecule has 0 atom stereocenters. The van der Waals surface area contributed by atoms with E-state index in [9.17, 15) is 14.4 Å². The number of rotatable bonds is 10. The van der Waals surface area contributed by atoms with Crippen molar-refractivity contribution < 1.29 is 23.4 Å². The van der Waals surface area contributed by atoms with Gasteiger partial charge in [-0.15, -0.1) is 11.8 Å². The third-order valence-corrected chi connectivity index (χ3v) is 7.18. The van der Waals surface area contributed by atoms with E-state index in [0.717, 1.165) is 5.56 Å². The van der Waals surface area contributed by atoms with Crippen LogP contribution in [-0.4, -0.2) is 38.0 Å². The molecular formula is C30H25ClFN3O4S. The molecule has 0 radical (unpaired) electrons. The van der Waals surface area contributed by atoms with Gasteiger partial charge in [0.15, 0.2) is 11.5 Å². The Morgan fingerprint density at radius 3 is 2.30 bits per heavy atom. The van der Waals surface area contributed by atoms with Gasteiger partial charge in [0.05, 0.1) is 37.6 Å². The van der Waals surface area contributed by atoms with Crippen LogP contribution in [0.1, 0.15) is 12.0 Å². The van der Waals surface area contributed by atoms with Crippen LogP contribution in [0.25, 0.3) is 22.4 Å². The summed E-state index contributed by atoms with van der Waals surface area (Å²) in [6.07, 6.45) is 0.126. The number of pyridine rings is 1. The topological polar surface area (TPSA) is 93.5 Å². The second-order valence-corrected chi connectivity index (χ2v) is 9.89. The number of carbonyl (C=O) groups excluding carboxylic acids is 1. The van der Waals surface area contributed by atoms with Crippen LogP contribution in [0.5, 0.6) is 17.2 Å². The van der Waals surface area contributed by atoms with Crippen LogP contribution in [0.4, 0.5) is 10.1 Å². The highest BCUT2D eigenvalue weighted by Crippen LogP contribution is 2.43. The van der Waals surface area contributed by atoms with Crippen molar-refractivity contribution in [2.45, 2.75) is 11.4 Å². The van der Waals surface area contributed by atoms with Crippen molar-refractivity contribution in [3.8, 4) is 45.7 Å². The first-order valence-electron chi connectivity index (χ1n) is 12.1. The molecule has 3 aromatic carbocycles. The maximum atomic E-state index is 13.4. The van der Waals surface area contributed by atoms with E-state index in [2.05, 4.69) is 11.4 Å². The molecule has 7 nitrogen and oxygen atoms in total. The molecule has 1 N–H and O–H groups in total. The first-order chi connectivity index (χ1) is 19.4. The maximum Gasteiger partial charge on any atom is 0.225 e. The summed E-state index contributed by atoms with van der Waals surface area (Å²) in [5.41, 5.74) is 3.59. The van der Waals surface area contributed by atoms with Crippen LogP contribution in [0.2, 0.25) is 5.02 Å². The normalized spacial score (nSPS) is 10.5. The zero-order chi connectivity index (χ0) is 28.6. The number of aromatic nitrogens is 1. The van der Waals surface area contributed by atoms with Gasteiger partial charge in [-0.2, -0.15) is 5.26 Å². The maximum absolute atomic E-state index is 13.4. The Morgan fingerprint density at radius 2 is 1.70 bits per heavy atom. The van der Waals surface area contributed by atoms with Crippen LogP contribution in [0.3, 0.4) is 0 Å². The molecule has 0 spiro atoms. The second kappa shape index (κ2) is 13.2. The van der Waals surface area contributed by atoms with Gasteiger partial charge in [0.2, 0.25) is 11.7 Å². The lowest BCUT2D eigenvalue weighted by Gasteiger charge is -2.16. The number of amides is 1. The van der Waals surface area contributed by atoms with E-state index in [0.29, 0.717) is 56.1 Å². The quantitative estimate of drug-likeness (QED) is 0.199. The molecule has 1 heterocycles. The summed E-state index contributed by atoms with van der Waals surface area (Å²) in [4.78, 5) is 17.3. The average molecular weight is 578 g/mol. The van der Waals surface area contributed by atoms with Crippen LogP contribution >= 0.6 is 23.4 Å². The summed E-state index contributed by atoms with van der Waals surface area (Å²) in [5, 5.41) is 13.3. The molecule has 10 heteroatoms. The summed E-state index contributed by atoms with van der Waals surface area (Å²) < 4.78 is 29.9. The van der Waals surface area contributed by atoms with Crippen LogP contribution in [-0.2, 0) is 4.79 Å². The lowest BCUT2D eigenvalue weighted by molar-refractivity contribution is -0.115. The smallest absolute Gasteiger partial charge is 0.225 e. The van der Waals surface area contributed by atoms with Gasteiger partial charge in [-0.1, -0.05) is 41.9 Å². The Morgan fingerprint density at radius 1 is 1.00 bits per heavy atom. The molecule has 1 amide bonds. The van der Waals surface area contributed by atoms with Crippen LogP contribution in [0, 0.1) is 17.1 Å². The second-order valence-electron chi connectivity index (χ2n) is 8.40. The fourth-order valence-corrected chi connectivity index (χ4v) is 5.12. The molecule has 40 heavy (non-hydrogen) atoms. The van der Waals surface area contributed by atoms with E-state index < -0.39 is 5.82 Å². The van der Waals surface area contributed by atoms with Gasteiger partial charge in [-0.3, -0.25) is 4.79 Å². The predicted octanol–water partition coefficient (Wildman–Crippen LogP) is 7.23. The standard InChI is InChI=1S/C30H25ClFN3O4S/c1-37-26-13-19(14-27(38-2)29(26)39-3)21-16-25(18-7-5-4-6-8-18)35-30(22(21)17-33)40-12-11-28(36)34-20-9-10-24(32)23(31)15-20/h4-10,13-16H,11-12H2,1-3H3,(H,34,36). The number of thioether (sulfide) groups is 1. The first-order valence-corrected chi connectivity index (χ1v) is 13.4. The molecule has 0 saturated heterocycles. The summed E-state index contributed by atoms with van der Waals surface area (Å²) >= 11 is 7.10. The van der Waals surface area contributed by atoms with Crippen molar-refractivity contribution in [2.75, 3.05) is 32.4 Å². The molecule has 4 rings (SSSR count). The molecule has 204 valence electrons. The van der Waals surface area contributed by atoms with Gasteiger partial charge in [-0.25, -0.2) is 9.37 Å². The Bertz CT molecular complexity index is 1550. The number of methoxy groups -OCH3 is 3. The first kappa shape index (κ1) is 28.7. The largest absolute Gasteiger partial charge is 0.493 e. The van der Waals surface area contributed by atoms with Gasteiger partial charge in [0, 0.05) is 29.0 Å². The highest BCUT2D eigenvalue weighted by atomic mass is 35.5. The Labute approximate surface area is 240 Å². The summed E-state index contributed by atoms with van der Waals surface area (Å²) in [7, 11) is 4.58. The van der Waals surface area contributed by atoms with E-state index in [1.54, 1.807) is 12.1 Å². The minimum atomic E-state index is -0.563. The molecule has 0 unspecified atom stereocenters. The summed E-state index contributed by atoms with van der Waals surface area (Å²) in [5.74, 6) is 0.836. The van der Waals surface area contributed by atoms with Crippen molar-refractivity contribution >= 4 is 35.0 Å². The number of ether oxygens (including phenoxy) is 3. The monoisotopic (exact) mass is 577 g/mol. The number of nitriles is 1. The third kappa shape index (κ3) is 6.47.